The Kier molecular flexibility index (Phi) is 2.39. The van der Waals surface area contributed by atoms with Gasteiger partial charge in [-0.1, -0.05) is 12.1 Å². The molecule has 0 atom stereocenters. The predicted octanol–water partition coefficient (Wildman–Crippen LogP) is 2.02. The fourth-order valence-electron chi connectivity index (χ4n) is 1.66. The van der Waals surface area contributed by atoms with Gasteiger partial charge in [0.15, 0.2) is 0 Å². The normalized spacial score (nSPS) is 19.2. The summed E-state index contributed by atoms with van der Waals surface area (Å²) in [6.45, 7) is 1.10. The number of rotatable bonds is 1. The van der Waals surface area contributed by atoms with Gasteiger partial charge in [-0.2, -0.15) is 0 Å². The van der Waals surface area contributed by atoms with Crippen LogP contribution < -0.4 is 5.73 Å². The van der Waals surface area contributed by atoms with Gasteiger partial charge in [0, 0.05) is 20.0 Å². The van der Waals surface area contributed by atoms with Gasteiger partial charge in [0.25, 0.3) is 0 Å². The summed E-state index contributed by atoms with van der Waals surface area (Å²) < 4.78 is 0. The smallest absolute Gasteiger partial charge is 0.105 e. The number of hydrogen-bond acceptors (Lipinski definition) is 2. The summed E-state index contributed by atoms with van der Waals surface area (Å²) in [6, 6.07) is 7.73. The zero-order valence-electron chi connectivity index (χ0n) is 8.40. The SMILES string of the molecule is CN1CCCC1=Nc1ccccc1N. The second-order valence-electron chi connectivity index (χ2n) is 3.61. The first kappa shape index (κ1) is 9.06. The molecule has 1 aliphatic rings. The lowest BCUT2D eigenvalue weighted by atomic mass is 10.3. The minimum Gasteiger partial charge on any atom is -0.397 e. The molecule has 0 spiro atoms. The molecule has 0 saturated carbocycles. The lowest BCUT2D eigenvalue weighted by Gasteiger charge is -2.11. The topological polar surface area (TPSA) is 41.6 Å². The van der Waals surface area contributed by atoms with Crippen molar-refractivity contribution in [2.75, 3.05) is 19.3 Å². The zero-order chi connectivity index (χ0) is 9.97. The molecule has 3 heteroatoms. The number of hydrogen-bond donors (Lipinski definition) is 1. The zero-order valence-corrected chi connectivity index (χ0v) is 8.40. The van der Waals surface area contributed by atoms with Crippen molar-refractivity contribution in [3.8, 4) is 0 Å². The third-order valence-electron chi connectivity index (χ3n) is 2.52. The van der Waals surface area contributed by atoms with Crippen molar-refractivity contribution in [2.45, 2.75) is 12.8 Å². The Morgan fingerprint density at radius 1 is 1.36 bits per heavy atom. The van der Waals surface area contributed by atoms with Crippen molar-refractivity contribution in [3.05, 3.63) is 24.3 Å². The van der Waals surface area contributed by atoms with E-state index in [1.165, 1.54) is 6.42 Å². The van der Waals surface area contributed by atoms with Crippen molar-refractivity contribution in [1.29, 1.82) is 0 Å². The molecule has 2 N–H and O–H groups in total. The highest BCUT2D eigenvalue weighted by atomic mass is 15.2. The van der Waals surface area contributed by atoms with Gasteiger partial charge >= 0.3 is 0 Å². The molecule has 0 radical (unpaired) electrons. The summed E-state index contributed by atoms with van der Waals surface area (Å²) in [5.74, 6) is 1.14. The molecular formula is C11H15N3. The third kappa shape index (κ3) is 1.71. The summed E-state index contributed by atoms with van der Waals surface area (Å²) in [5, 5.41) is 0. The van der Waals surface area contributed by atoms with Gasteiger partial charge in [-0.05, 0) is 18.6 Å². The second kappa shape index (κ2) is 3.70. The van der Waals surface area contributed by atoms with Gasteiger partial charge in [0.1, 0.15) is 5.84 Å². The van der Waals surface area contributed by atoms with Crippen LogP contribution in [0.2, 0.25) is 0 Å². The van der Waals surface area contributed by atoms with Gasteiger partial charge in [0.2, 0.25) is 0 Å². The standard InChI is InChI=1S/C11H15N3/c1-14-8-4-7-11(14)13-10-6-3-2-5-9(10)12/h2-3,5-6H,4,7-8,12H2,1H3. The van der Waals surface area contributed by atoms with E-state index in [0.29, 0.717) is 0 Å². The molecule has 0 aliphatic carbocycles. The Morgan fingerprint density at radius 3 is 2.79 bits per heavy atom. The van der Waals surface area contributed by atoms with Gasteiger partial charge < -0.3 is 10.6 Å². The van der Waals surface area contributed by atoms with Crippen molar-refractivity contribution < 1.29 is 0 Å². The molecule has 2 rings (SSSR count). The predicted molar refractivity (Wildman–Crippen MR) is 59.8 cm³/mol. The van der Waals surface area contributed by atoms with Crippen LogP contribution in [0.1, 0.15) is 12.8 Å². The van der Waals surface area contributed by atoms with Crippen LogP contribution in [-0.2, 0) is 0 Å². The van der Waals surface area contributed by atoms with Crippen LogP contribution in [0.5, 0.6) is 0 Å². The number of aliphatic imine (C=N–C) groups is 1. The number of nitrogens with zero attached hydrogens (tertiary/aromatic N) is 2. The van der Waals surface area contributed by atoms with Crippen LogP contribution in [0.3, 0.4) is 0 Å². The Morgan fingerprint density at radius 2 is 2.14 bits per heavy atom. The maximum atomic E-state index is 5.82. The van der Waals surface area contributed by atoms with E-state index in [1.807, 2.05) is 24.3 Å². The van der Waals surface area contributed by atoms with Crippen molar-refractivity contribution in [3.63, 3.8) is 0 Å². The van der Waals surface area contributed by atoms with Crippen LogP contribution in [0.15, 0.2) is 29.3 Å². The van der Waals surface area contributed by atoms with Crippen LogP contribution in [-0.4, -0.2) is 24.3 Å². The largest absolute Gasteiger partial charge is 0.397 e. The Labute approximate surface area is 84.2 Å². The first-order valence-electron chi connectivity index (χ1n) is 4.90. The number of nitrogens with two attached hydrogens (primary N) is 1. The highest BCUT2D eigenvalue weighted by Crippen LogP contribution is 2.23. The van der Waals surface area contributed by atoms with E-state index in [9.17, 15) is 0 Å². The molecule has 0 bridgehead atoms. The van der Waals surface area contributed by atoms with E-state index in [0.717, 1.165) is 30.2 Å². The van der Waals surface area contributed by atoms with E-state index >= 15 is 0 Å². The van der Waals surface area contributed by atoms with E-state index in [1.54, 1.807) is 0 Å². The van der Waals surface area contributed by atoms with Crippen LogP contribution in [0, 0.1) is 0 Å². The third-order valence-corrected chi connectivity index (χ3v) is 2.52. The van der Waals surface area contributed by atoms with Crippen LogP contribution in [0.25, 0.3) is 0 Å². The van der Waals surface area contributed by atoms with Gasteiger partial charge in [-0.15, -0.1) is 0 Å². The summed E-state index contributed by atoms with van der Waals surface area (Å²) in [5.41, 5.74) is 7.45. The summed E-state index contributed by atoms with van der Waals surface area (Å²) in [4.78, 5) is 6.74. The van der Waals surface area contributed by atoms with Gasteiger partial charge in [-0.25, -0.2) is 4.99 Å². The highest BCUT2D eigenvalue weighted by Gasteiger charge is 2.14. The lowest BCUT2D eigenvalue weighted by Crippen LogP contribution is -2.18. The molecule has 1 aromatic carbocycles. The fraction of sp³-hybridized carbons (Fsp3) is 0.364. The fourth-order valence-corrected chi connectivity index (χ4v) is 1.66. The molecule has 1 fully saturated rings. The van der Waals surface area contributed by atoms with Crippen LogP contribution in [0.4, 0.5) is 11.4 Å². The first-order valence-corrected chi connectivity index (χ1v) is 4.90. The van der Waals surface area contributed by atoms with E-state index < -0.39 is 0 Å². The number of nitrogen functional groups attached to an aromatic ring is 1. The minimum atomic E-state index is 0.750. The Hall–Kier alpha value is -1.51. The summed E-state index contributed by atoms with van der Waals surface area (Å²) in [7, 11) is 2.07. The maximum Gasteiger partial charge on any atom is 0.105 e. The van der Waals surface area contributed by atoms with E-state index in [2.05, 4.69) is 16.9 Å². The number of amidine groups is 1. The van der Waals surface area contributed by atoms with Gasteiger partial charge in [-0.3, -0.25) is 0 Å². The number of likely N-dealkylation sites (tertiary alicyclic amines) is 1. The first-order chi connectivity index (χ1) is 6.77. The molecule has 3 nitrogen and oxygen atoms in total. The van der Waals surface area contributed by atoms with Crippen molar-refractivity contribution >= 4 is 17.2 Å². The molecule has 0 aromatic heterocycles. The molecule has 74 valence electrons. The second-order valence-corrected chi connectivity index (χ2v) is 3.61. The number of anilines is 1. The van der Waals surface area contributed by atoms with Crippen LogP contribution >= 0.6 is 0 Å². The molecule has 1 saturated heterocycles. The molecule has 0 unspecified atom stereocenters. The summed E-state index contributed by atoms with van der Waals surface area (Å²) in [6.07, 6.45) is 2.26. The van der Waals surface area contributed by atoms with E-state index in [4.69, 9.17) is 5.73 Å². The van der Waals surface area contributed by atoms with Gasteiger partial charge in [0.05, 0.1) is 11.4 Å². The maximum absolute atomic E-state index is 5.82. The Balaban J connectivity index is 2.29. The van der Waals surface area contributed by atoms with Crippen molar-refractivity contribution in [2.24, 2.45) is 4.99 Å². The summed E-state index contributed by atoms with van der Waals surface area (Å²) >= 11 is 0. The quantitative estimate of drug-likeness (QED) is 0.687. The monoisotopic (exact) mass is 189 g/mol. The molecule has 1 aromatic rings. The average molecular weight is 189 g/mol. The van der Waals surface area contributed by atoms with E-state index in [-0.39, 0.29) is 0 Å². The molecule has 0 amide bonds. The molecule has 14 heavy (non-hydrogen) atoms. The Bertz CT molecular complexity index is 357. The highest BCUT2D eigenvalue weighted by molar-refractivity contribution is 5.87. The number of para-hydroxylation sites is 2. The lowest BCUT2D eigenvalue weighted by molar-refractivity contribution is 0.550. The molecule has 1 heterocycles. The average Bonchev–Trinajstić information content (AvgIpc) is 2.56. The molecule has 1 aliphatic heterocycles. The minimum absolute atomic E-state index is 0.750. The van der Waals surface area contributed by atoms with Crippen molar-refractivity contribution in [1.82, 2.24) is 4.90 Å². The number of benzene rings is 1. The molecular weight excluding hydrogens is 174 g/mol.